The molecule has 2 aromatic carbocycles. The average molecular weight is 382 g/mol. The first-order valence-corrected chi connectivity index (χ1v) is 9.00. The number of aryl methyl sites for hydroxylation is 1. The van der Waals surface area contributed by atoms with Gasteiger partial charge in [-0.05, 0) is 37.6 Å². The molecule has 146 valence electrons. The van der Waals surface area contributed by atoms with Crippen LogP contribution in [0, 0.1) is 6.92 Å². The molecule has 1 aliphatic rings. The van der Waals surface area contributed by atoms with Crippen molar-refractivity contribution in [1.29, 1.82) is 0 Å². The Morgan fingerprint density at radius 2 is 1.82 bits per heavy atom. The lowest BCUT2D eigenvalue weighted by Gasteiger charge is -2.27. The third-order valence-corrected chi connectivity index (χ3v) is 4.42. The smallest absolute Gasteiger partial charge is 0.344 e. The molecule has 0 aromatic heterocycles. The van der Waals surface area contributed by atoms with Crippen LogP contribution in [-0.4, -0.2) is 37.0 Å². The Balaban J connectivity index is 1.61. The number of esters is 1. The summed E-state index contributed by atoms with van der Waals surface area (Å²) >= 11 is 0. The van der Waals surface area contributed by atoms with E-state index in [1.165, 1.54) is 4.90 Å². The molecule has 0 bridgehead atoms. The fraction of sp³-hybridized carbons (Fsp3) is 0.286. The molecule has 2 amide bonds. The topological polar surface area (TPSA) is 84.9 Å². The monoisotopic (exact) mass is 382 g/mol. The first kappa shape index (κ1) is 19.4. The van der Waals surface area contributed by atoms with Crippen LogP contribution in [0.2, 0.25) is 0 Å². The number of amides is 2. The summed E-state index contributed by atoms with van der Waals surface area (Å²) in [5, 5.41) is 2.79. The summed E-state index contributed by atoms with van der Waals surface area (Å²) in [6.07, 6.45) is 0.158. The quantitative estimate of drug-likeness (QED) is 0.804. The first-order valence-electron chi connectivity index (χ1n) is 9.00. The van der Waals surface area contributed by atoms with Crippen LogP contribution < -0.4 is 15.0 Å². The molecule has 2 aromatic rings. The summed E-state index contributed by atoms with van der Waals surface area (Å²) in [6, 6.07) is 14.0. The number of anilines is 2. The van der Waals surface area contributed by atoms with Crippen molar-refractivity contribution < 1.29 is 23.9 Å². The van der Waals surface area contributed by atoms with Crippen LogP contribution in [0.25, 0.3) is 0 Å². The van der Waals surface area contributed by atoms with Crippen LogP contribution in [0.4, 0.5) is 11.4 Å². The maximum Gasteiger partial charge on any atom is 0.344 e. The molecule has 0 aliphatic carbocycles. The van der Waals surface area contributed by atoms with Gasteiger partial charge in [-0.1, -0.05) is 30.3 Å². The highest BCUT2D eigenvalue weighted by Crippen LogP contribution is 2.31. The van der Waals surface area contributed by atoms with Crippen LogP contribution >= 0.6 is 0 Å². The number of carbonyl (C=O) groups is 3. The zero-order valence-corrected chi connectivity index (χ0v) is 15.8. The number of nitrogens with one attached hydrogen (secondary N) is 1. The van der Waals surface area contributed by atoms with E-state index in [4.69, 9.17) is 9.47 Å². The molecule has 3 rings (SSSR count). The zero-order chi connectivity index (χ0) is 20.1. The van der Waals surface area contributed by atoms with Crippen molar-refractivity contribution in [3.8, 4) is 5.75 Å². The largest absolute Gasteiger partial charge is 0.482 e. The third kappa shape index (κ3) is 4.49. The highest BCUT2D eigenvalue weighted by atomic mass is 16.6. The molecule has 1 heterocycles. The Labute approximate surface area is 163 Å². The molecule has 7 heteroatoms. The van der Waals surface area contributed by atoms with Gasteiger partial charge in [0.05, 0.1) is 11.4 Å². The summed E-state index contributed by atoms with van der Waals surface area (Å²) in [5.74, 6) is -0.619. The van der Waals surface area contributed by atoms with Gasteiger partial charge in [0.1, 0.15) is 5.75 Å². The van der Waals surface area contributed by atoms with Gasteiger partial charge in [0.2, 0.25) is 5.91 Å². The summed E-state index contributed by atoms with van der Waals surface area (Å²) in [6.45, 7) is 2.94. The summed E-state index contributed by atoms with van der Waals surface area (Å²) in [4.78, 5) is 38.2. The molecule has 28 heavy (non-hydrogen) atoms. The number of benzene rings is 2. The van der Waals surface area contributed by atoms with Crippen LogP contribution in [0.5, 0.6) is 5.75 Å². The lowest BCUT2D eigenvalue weighted by Crippen LogP contribution is -2.41. The maximum absolute atomic E-state index is 12.7. The highest BCUT2D eigenvalue weighted by Gasteiger charge is 2.30. The summed E-state index contributed by atoms with van der Waals surface area (Å²) < 4.78 is 10.5. The maximum atomic E-state index is 12.7. The van der Waals surface area contributed by atoms with Gasteiger partial charge in [-0.3, -0.25) is 9.59 Å². The Hall–Kier alpha value is -3.35. The molecular weight excluding hydrogens is 360 g/mol. The van der Waals surface area contributed by atoms with Crippen LogP contribution in [0.1, 0.15) is 18.9 Å². The van der Waals surface area contributed by atoms with Gasteiger partial charge < -0.3 is 19.7 Å². The summed E-state index contributed by atoms with van der Waals surface area (Å²) in [5.41, 5.74) is 2.04. The van der Waals surface area contributed by atoms with E-state index < -0.39 is 18.5 Å². The average Bonchev–Trinajstić information content (AvgIpc) is 2.79. The van der Waals surface area contributed by atoms with Gasteiger partial charge in [-0.15, -0.1) is 0 Å². The molecule has 0 saturated carbocycles. The number of hydrogen-bond donors (Lipinski definition) is 1. The molecule has 1 unspecified atom stereocenters. The second kappa shape index (κ2) is 8.56. The molecule has 0 radical (unpaired) electrons. The van der Waals surface area contributed by atoms with E-state index in [-0.39, 0.29) is 25.0 Å². The number of rotatable bonds is 5. The van der Waals surface area contributed by atoms with Gasteiger partial charge in [0, 0.05) is 12.5 Å². The van der Waals surface area contributed by atoms with Crippen LogP contribution in [0.3, 0.4) is 0 Å². The summed E-state index contributed by atoms with van der Waals surface area (Å²) in [7, 11) is 0. The molecule has 1 N–H and O–H groups in total. The van der Waals surface area contributed by atoms with Crippen molar-refractivity contribution in [2.45, 2.75) is 26.3 Å². The van der Waals surface area contributed by atoms with Gasteiger partial charge in [-0.2, -0.15) is 0 Å². The molecule has 1 aliphatic heterocycles. The van der Waals surface area contributed by atoms with E-state index in [1.807, 2.05) is 25.1 Å². The fourth-order valence-corrected chi connectivity index (χ4v) is 3.08. The van der Waals surface area contributed by atoms with Crippen LogP contribution in [-0.2, 0) is 19.1 Å². The number of fused-ring (bicyclic) bond motifs is 1. The van der Waals surface area contributed by atoms with Crippen molar-refractivity contribution in [1.82, 2.24) is 0 Å². The highest BCUT2D eigenvalue weighted by molar-refractivity contribution is 6.05. The minimum Gasteiger partial charge on any atom is -0.482 e. The number of ether oxygens (including phenoxy) is 2. The first-order chi connectivity index (χ1) is 13.5. The normalized spacial score (nSPS) is 15.9. The molecule has 7 nitrogen and oxygen atoms in total. The van der Waals surface area contributed by atoms with Crippen molar-refractivity contribution in [2.75, 3.05) is 23.4 Å². The van der Waals surface area contributed by atoms with Gasteiger partial charge >= 0.3 is 5.97 Å². The molecule has 0 fully saturated rings. The minimum absolute atomic E-state index is 0.158. The molecular formula is C21H22N2O5. The van der Waals surface area contributed by atoms with Gasteiger partial charge in [0.25, 0.3) is 5.91 Å². The molecule has 1 atom stereocenters. The van der Waals surface area contributed by atoms with Gasteiger partial charge in [0.15, 0.2) is 13.2 Å². The standard InChI is InChI=1S/C21H22N2O5/c1-14-7-3-6-10-18(14)27-13-21(26)28-12-20(25)23-15(2)11-19(24)22-16-8-4-5-9-17(16)23/h3-10,15H,11-13H2,1-2H3,(H,22,24). The molecule has 0 spiro atoms. The Morgan fingerprint density at radius 3 is 2.61 bits per heavy atom. The fourth-order valence-electron chi connectivity index (χ4n) is 3.08. The van der Waals surface area contributed by atoms with E-state index in [0.29, 0.717) is 17.1 Å². The number of hydrogen-bond acceptors (Lipinski definition) is 5. The predicted octanol–water partition coefficient (Wildman–Crippen LogP) is 2.68. The number of carbonyl (C=O) groups excluding carboxylic acids is 3. The Bertz CT molecular complexity index is 896. The van der Waals surface area contributed by atoms with Crippen molar-refractivity contribution in [3.05, 3.63) is 54.1 Å². The van der Waals surface area contributed by atoms with E-state index in [1.54, 1.807) is 37.3 Å². The zero-order valence-electron chi connectivity index (χ0n) is 15.8. The lowest BCUT2D eigenvalue weighted by atomic mass is 10.1. The van der Waals surface area contributed by atoms with E-state index in [0.717, 1.165) is 5.56 Å². The lowest BCUT2D eigenvalue weighted by molar-refractivity contribution is -0.150. The third-order valence-electron chi connectivity index (χ3n) is 4.42. The van der Waals surface area contributed by atoms with E-state index in [9.17, 15) is 14.4 Å². The number of nitrogens with zero attached hydrogens (tertiary/aromatic N) is 1. The van der Waals surface area contributed by atoms with E-state index >= 15 is 0 Å². The van der Waals surface area contributed by atoms with E-state index in [2.05, 4.69) is 5.32 Å². The van der Waals surface area contributed by atoms with Crippen molar-refractivity contribution in [3.63, 3.8) is 0 Å². The second-order valence-corrected chi connectivity index (χ2v) is 6.60. The van der Waals surface area contributed by atoms with Crippen molar-refractivity contribution in [2.24, 2.45) is 0 Å². The molecule has 0 saturated heterocycles. The SMILES string of the molecule is Cc1ccccc1OCC(=O)OCC(=O)N1c2ccccc2NC(=O)CC1C. The minimum atomic E-state index is -0.637. The van der Waals surface area contributed by atoms with Gasteiger partial charge in [-0.25, -0.2) is 4.79 Å². The van der Waals surface area contributed by atoms with Crippen molar-refractivity contribution >= 4 is 29.2 Å². The second-order valence-electron chi connectivity index (χ2n) is 6.60. The van der Waals surface area contributed by atoms with Crippen LogP contribution in [0.15, 0.2) is 48.5 Å². The Morgan fingerprint density at radius 1 is 1.11 bits per heavy atom. The number of para-hydroxylation sites is 3. The predicted molar refractivity (Wildman–Crippen MR) is 104 cm³/mol. The Kier molecular flexibility index (Phi) is 5.93.